The average Bonchev–Trinajstić information content (AvgIpc) is 2.35. The minimum absolute atomic E-state index is 0.326. The van der Waals surface area contributed by atoms with E-state index in [9.17, 15) is 14.6 Å². The number of rotatable bonds is 4. The first-order chi connectivity index (χ1) is 8.61. The highest BCUT2D eigenvalue weighted by molar-refractivity contribution is 5.33. The van der Waals surface area contributed by atoms with Crippen LogP contribution in [0.5, 0.6) is 5.75 Å². The largest absolute Gasteiger partial charge is 0.505 e. The fraction of sp³-hybridized carbons (Fsp3) is 0.538. The van der Waals surface area contributed by atoms with Crippen molar-refractivity contribution in [2.24, 2.45) is 0 Å². The Bertz CT molecular complexity index is 405. The molecular weight excluding hydrogens is 237 g/mol. The van der Waals surface area contributed by atoms with Gasteiger partial charge in [-0.1, -0.05) is 12.1 Å². The molecule has 2 rings (SSSR count). The summed E-state index contributed by atoms with van der Waals surface area (Å²) in [5.41, 5.74) is -0.271. The van der Waals surface area contributed by atoms with Gasteiger partial charge in [-0.15, -0.1) is 0 Å². The number of aliphatic hydroxyl groups is 1. The van der Waals surface area contributed by atoms with Crippen LogP contribution in [0.2, 0.25) is 0 Å². The van der Waals surface area contributed by atoms with Gasteiger partial charge in [-0.05, 0) is 6.07 Å². The standard InChI is InChI=1S/C13H18FNO3/c14-11-3-1-2-10(12(11)16)8-15-9-13(17)4-6-18-7-5-13/h1-3,15-17H,4-9H2. The van der Waals surface area contributed by atoms with E-state index in [1.807, 2.05) is 0 Å². The van der Waals surface area contributed by atoms with Gasteiger partial charge in [-0.3, -0.25) is 0 Å². The number of hydrogen-bond donors (Lipinski definition) is 3. The van der Waals surface area contributed by atoms with Gasteiger partial charge in [0.05, 0.1) is 5.60 Å². The van der Waals surface area contributed by atoms with Gasteiger partial charge in [-0.2, -0.15) is 0 Å². The number of aromatic hydroxyl groups is 1. The summed E-state index contributed by atoms with van der Waals surface area (Å²) in [4.78, 5) is 0. The van der Waals surface area contributed by atoms with Crippen molar-refractivity contribution in [3.8, 4) is 5.75 Å². The van der Waals surface area contributed by atoms with Gasteiger partial charge in [0.25, 0.3) is 0 Å². The highest BCUT2D eigenvalue weighted by Crippen LogP contribution is 2.22. The molecule has 0 saturated carbocycles. The van der Waals surface area contributed by atoms with Crippen LogP contribution in [0, 0.1) is 5.82 Å². The van der Waals surface area contributed by atoms with Crippen LogP contribution in [0.3, 0.4) is 0 Å². The molecule has 1 aromatic rings. The number of hydrogen-bond acceptors (Lipinski definition) is 4. The Morgan fingerprint density at radius 2 is 2.06 bits per heavy atom. The van der Waals surface area contributed by atoms with E-state index in [-0.39, 0.29) is 5.75 Å². The summed E-state index contributed by atoms with van der Waals surface area (Å²) < 4.78 is 18.3. The molecule has 1 aliphatic rings. The minimum atomic E-state index is -0.763. The van der Waals surface area contributed by atoms with E-state index in [4.69, 9.17) is 4.74 Å². The molecule has 0 atom stereocenters. The lowest BCUT2D eigenvalue weighted by Gasteiger charge is -2.32. The Hall–Kier alpha value is -1.17. The van der Waals surface area contributed by atoms with Crippen LogP contribution in [0.25, 0.3) is 0 Å². The Balaban J connectivity index is 1.86. The van der Waals surface area contributed by atoms with Crippen molar-refractivity contribution in [3.05, 3.63) is 29.6 Å². The zero-order chi connectivity index (χ0) is 13.0. The number of nitrogens with one attached hydrogen (secondary N) is 1. The molecule has 0 radical (unpaired) electrons. The Kier molecular flexibility index (Phi) is 4.16. The van der Waals surface area contributed by atoms with Crippen molar-refractivity contribution in [1.29, 1.82) is 0 Å². The van der Waals surface area contributed by atoms with Gasteiger partial charge < -0.3 is 20.3 Å². The van der Waals surface area contributed by atoms with Crippen LogP contribution in [0.15, 0.2) is 18.2 Å². The molecule has 1 heterocycles. The molecule has 0 bridgehead atoms. The minimum Gasteiger partial charge on any atom is -0.505 e. The fourth-order valence-electron chi connectivity index (χ4n) is 2.06. The van der Waals surface area contributed by atoms with Gasteiger partial charge in [0, 0.05) is 44.7 Å². The predicted octanol–water partition coefficient (Wildman–Crippen LogP) is 1.16. The molecule has 0 unspecified atom stereocenters. The van der Waals surface area contributed by atoms with Gasteiger partial charge in [-0.25, -0.2) is 4.39 Å². The van der Waals surface area contributed by atoms with Crippen LogP contribution in [-0.2, 0) is 11.3 Å². The number of benzene rings is 1. The van der Waals surface area contributed by atoms with Crippen molar-refractivity contribution < 1.29 is 19.3 Å². The lowest BCUT2D eigenvalue weighted by Crippen LogP contribution is -2.44. The first kappa shape index (κ1) is 13.3. The third-order valence-corrected chi connectivity index (χ3v) is 3.26. The van der Waals surface area contributed by atoms with Crippen molar-refractivity contribution in [2.45, 2.75) is 25.0 Å². The second kappa shape index (κ2) is 5.65. The van der Waals surface area contributed by atoms with Crippen molar-refractivity contribution in [2.75, 3.05) is 19.8 Å². The average molecular weight is 255 g/mol. The summed E-state index contributed by atoms with van der Waals surface area (Å²) in [5.74, 6) is -0.956. The second-order valence-corrected chi connectivity index (χ2v) is 4.69. The molecule has 3 N–H and O–H groups in total. The molecule has 1 aliphatic heterocycles. The summed E-state index contributed by atoms with van der Waals surface area (Å²) in [7, 11) is 0. The van der Waals surface area contributed by atoms with E-state index in [1.54, 1.807) is 12.1 Å². The number of para-hydroxylation sites is 1. The SMILES string of the molecule is Oc1c(F)cccc1CNCC1(O)CCOCC1. The fourth-order valence-corrected chi connectivity index (χ4v) is 2.06. The zero-order valence-electron chi connectivity index (χ0n) is 10.2. The molecule has 0 aliphatic carbocycles. The smallest absolute Gasteiger partial charge is 0.165 e. The van der Waals surface area contributed by atoms with Crippen molar-refractivity contribution in [1.82, 2.24) is 5.32 Å². The predicted molar refractivity (Wildman–Crippen MR) is 64.8 cm³/mol. The van der Waals surface area contributed by atoms with E-state index >= 15 is 0 Å². The monoisotopic (exact) mass is 255 g/mol. The highest BCUT2D eigenvalue weighted by Gasteiger charge is 2.29. The van der Waals surface area contributed by atoms with Crippen LogP contribution >= 0.6 is 0 Å². The lowest BCUT2D eigenvalue weighted by molar-refractivity contribution is -0.0617. The second-order valence-electron chi connectivity index (χ2n) is 4.69. The molecule has 1 saturated heterocycles. The van der Waals surface area contributed by atoms with Gasteiger partial charge in [0.15, 0.2) is 11.6 Å². The first-order valence-electron chi connectivity index (χ1n) is 6.08. The summed E-state index contributed by atoms with van der Waals surface area (Å²) in [6.45, 7) is 1.85. The van der Waals surface area contributed by atoms with Gasteiger partial charge in [0.2, 0.25) is 0 Å². The maximum Gasteiger partial charge on any atom is 0.165 e. The quantitative estimate of drug-likeness (QED) is 0.755. The van der Waals surface area contributed by atoms with E-state index in [2.05, 4.69) is 5.32 Å². The first-order valence-corrected chi connectivity index (χ1v) is 6.08. The number of phenols is 1. The van der Waals surface area contributed by atoms with Crippen LogP contribution in [0.4, 0.5) is 4.39 Å². The summed E-state index contributed by atoms with van der Waals surface area (Å²) in [6.07, 6.45) is 1.18. The van der Waals surface area contributed by atoms with E-state index in [0.717, 1.165) is 0 Å². The molecule has 4 nitrogen and oxygen atoms in total. The summed E-state index contributed by atoms with van der Waals surface area (Å²) in [5, 5.41) is 22.7. The normalized spacial score (nSPS) is 18.8. The molecule has 0 aromatic heterocycles. The Morgan fingerprint density at radius 3 is 2.78 bits per heavy atom. The molecule has 0 amide bonds. The van der Waals surface area contributed by atoms with Gasteiger partial charge >= 0.3 is 0 Å². The molecule has 1 aromatic carbocycles. The summed E-state index contributed by atoms with van der Waals surface area (Å²) in [6, 6.07) is 4.42. The maximum atomic E-state index is 13.1. The topological polar surface area (TPSA) is 61.7 Å². The van der Waals surface area contributed by atoms with E-state index in [0.29, 0.717) is 44.7 Å². The molecule has 0 spiro atoms. The van der Waals surface area contributed by atoms with E-state index in [1.165, 1.54) is 6.07 Å². The third-order valence-electron chi connectivity index (χ3n) is 3.26. The van der Waals surface area contributed by atoms with Crippen molar-refractivity contribution >= 4 is 0 Å². The molecule has 100 valence electrons. The van der Waals surface area contributed by atoms with Crippen LogP contribution in [-0.4, -0.2) is 35.6 Å². The van der Waals surface area contributed by atoms with E-state index < -0.39 is 11.4 Å². The molecule has 5 heteroatoms. The number of phenolic OH excluding ortho intramolecular Hbond substituents is 1. The molecular formula is C13H18FNO3. The Morgan fingerprint density at radius 1 is 1.33 bits per heavy atom. The van der Waals surface area contributed by atoms with Crippen LogP contribution in [0.1, 0.15) is 18.4 Å². The maximum absolute atomic E-state index is 13.1. The summed E-state index contributed by atoms with van der Waals surface area (Å²) >= 11 is 0. The zero-order valence-corrected chi connectivity index (χ0v) is 10.2. The Labute approximate surface area is 105 Å². The number of halogens is 1. The molecule has 1 fully saturated rings. The third kappa shape index (κ3) is 3.19. The van der Waals surface area contributed by atoms with Crippen molar-refractivity contribution in [3.63, 3.8) is 0 Å². The van der Waals surface area contributed by atoms with Crippen LogP contribution < -0.4 is 5.32 Å². The number of ether oxygens (including phenoxy) is 1. The lowest BCUT2D eigenvalue weighted by atomic mass is 9.94. The molecule has 18 heavy (non-hydrogen) atoms. The van der Waals surface area contributed by atoms with Gasteiger partial charge in [0.1, 0.15) is 0 Å². The highest BCUT2D eigenvalue weighted by atomic mass is 19.1.